The molecule has 1 aliphatic heterocycles. The number of anilines is 1. The molecule has 1 aliphatic rings. The van der Waals surface area contributed by atoms with Gasteiger partial charge < -0.3 is 15.4 Å². The van der Waals surface area contributed by atoms with Crippen LogP contribution in [0, 0.1) is 0 Å². The van der Waals surface area contributed by atoms with Crippen molar-refractivity contribution in [2.24, 2.45) is 0 Å². The molecule has 0 saturated carbocycles. The van der Waals surface area contributed by atoms with Crippen LogP contribution < -0.4 is 10.6 Å². The summed E-state index contributed by atoms with van der Waals surface area (Å²) in [6, 6.07) is 13.6. The molecule has 2 N–H and O–H groups in total. The number of alkyl carbamates (subject to hydrolysis) is 1. The number of benzene rings is 1. The minimum absolute atomic E-state index is 0.0249. The quantitative estimate of drug-likeness (QED) is 0.571. The van der Waals surface area contributed by atoms with E-state index in [-0.39, 0.29) is 24.1 Å². The molecule has 2 aromatic rings. The highest BCUT2D eigenvalue weighted by Gasteiger charge is 2.28. The molecule has 0 radical (unpaired) electrons. The van der Waals surface area contributed by atoms with Crippen molar-refractivity contribution in [1.82, 2.24) is 15.2 Å². The molecular weight excluding hydrogens is 436 g/mol. The number of pyridine rings is 1. The van der Waals surface area contributed by atoms with Crippen LogP contribution in [0.4, 0.5) is 10.5 Å². The summed E-state index contributed by atoms with van der Waals surface area (Å²) in [7, 11) is 0. The molecule has 3 rings (SSSR count). The van der Waals surface area contributed by atoms with E-state index in [9.17, 15) is 9.59 Å². The van der Waals surface area contributed by atoms with Gasteiger partial charge in [-0.1, -0.05) is 18.2 Å². The van der Waals surface area contributed by atoms with Crippen LogP contribution in [0.5, 0.6) is 0 Å². The highest BCUT2D eigenvalue weighted by atomic mass is 32.2. The first-order valence-electron chi connectivity index (χ1n) is 11.4. The fraction of sp³-hybridized carbons (Fsp3) is 0.480. The van der Waals surface area contributed by atoms with E-state index in [2.05, 4.69) is 26.6 Å². The van der Waals surface area contributed by atoms with E-state index in [0.29, 0.717) is 0 Å². The van der Waals surface area contributed by atoms with Crippen molar-refractivity contribution in [2.45, 2.75) is 69.0 Å². The largest absolute Gasteiger partial charge is 0.444 e. The van der Waals surface area contributed by atoms with Gasteiger partial charge in [-0.05, 0) is 70.4 Å². The molecule has 178 valence electrons. The highest BCUT2D eigenvalue weighted by Crippen LogP contribution is 2.22. The van der Waals surface area contributed by atoms with Crippen LogP contribution in [0.15, 0.2) is 53.7 Å². The summed E-state index contributed by atoms with van der Waals surface area (Å²) in [5, 5.41) is 6.97. The number of rotatable bonds is 7. The summed E-state index contributed by atoms with van der Waals surface area (Å²) in [6.45, 7) is 8.98. The Kier molecular flexibility index (Phi) is 8.74. The van der Waals surface area contributed by atoms with Gasteiger partial charge in [0.05, 0.1) is 11.1 Å². The van der Waals surface area contributed by atoms with Crippen LogP contribution in [-0.4, -0.2) is 52.7 Å². The van der Waals surface area contributed by atoms with E-state index in [0.717, 1.165) is 48.0 Å². The van der Waals surface area contributed by atoms with Crippen molar-refractivity contribution < 1.29 is 14.3 Å². The van der Waals surface area contributed by atoms with E-state index in [1.54, 1.807) is 18.0 Å². The molecule has 0 bridgehead atoms. The Morgan fingerprint density at radius 2 is 1.94 bits per heavy atom. The minimum Gasteiger partial charge on any atom is -0.444 e. The fourth-order valence-electron chi connectivity index (χ4n) is 3.65. The van der Waals surface area contributed by atoms with Crippen LogP contribution >= 0.6 is 11.8 Å². The maximum Gasteiger partial charge on any atom is 0.407 e. The zero-order chi connectivity index (χ0) is 23.8. The van der Waals surface area contributed by atoms with Gasteiger partial charge in [0.1, 0.15) is 5.60 Å². The molecule has 2 amide bonds. The Hall–Kier alpha value is -2.58. The van der Waals surface area contributed by atoms with Crippen LogP contribution in [0.25, 0.3) is 0 Å². The predicted molar refractivity (Wildman–Crippen MR) is 132 cm³/mol. The zero-order valence-corrected chi connectivity index (χ0v) is 20.7. The third-order valence-corrected chi connectivity index (χ3v) is 6.41. The van der Waals surface area contributed by atoms with Crippen molar-refractivity contribution >= 4 is 29.4 Å². The standard InChI is InChI=1S/C25H34N4O3S/c1-18(29-14-11-20(12-15-29)28-24(31)32-25(2,3)4)23(30)27-21-9-7-8-19(16-21)17-33-22-10-5-6-13-26-22/h5-10,13,16,18,20H,11-12,14-15,17H2,1-4H3,(H,27,30)(H,28,31)/t18-/m0/s1. The minimum atomic E-state index is -0.508. The number of carbonyl (C=O) groups excluding carboxylic acids is 2. The number of piperidine rings is 1. The summed E-state index contributed by atoms with van der Waals surface area (Å²) < 4.78 is 5.34. The van der Waals surface area contributed by atoms with Gasteiger partial charge in [0.15, 0.2) is 0 Å². The lowest BCUT2D eigenvalue weighted by molar-refractivity contribution is -0.121. The van der Waals surface area contributed by atoms with E-state index in [1.165, 1.54) is 0 Å². The number of thioether (sulfide) groups is 1. The number of hydrogen-bond acceptors (Lipinski definition) is 6. The normalized spacial score (nSPS) is 16.1. The number of nitrogens with zero attached hydrogens (tertiary/aromatic N) is 2. The number of carbonyl (C=O) groups is 2. The molecule has 1 aromatic heterocycles. The van der Waals surface area contributed by atoms with E-state index in [4.69, 9.17) is 4.74 Å². The summed E-state index contributed by atoms with van der Waals surface area (Å²) in [5.41, 5.74) is 1.42. The zero-order valence-electron chi connectivity index (χ0n) is 19.8. The molecule has 2 heterocycles. The van der Waals surface area contributed by atoms with E-state index < -0.39 is 5.60 Å². The number of amides is 2. The topological polar surface area (TPSA) is 83.6 Å². The van der Waals surface area contributed by atoms with Gasteiger partial charge in [-0.15, -0.1) is 11.8 Å². The predicted octanol–water partition coefficient (Wildman–Crippen LogP) is 4.69. The molecule has 0 unspecified atom stereocenters. The fourth-order valence-corrected chi connectivity index (χ4v) is 4.45. The Morgan fingerprint density at radius 3 is 2.61 bits per heavy atom. The van der Waals surface area contributed by atoms with Crippen molar-refractivity contribution in [3.8, 4) is 0 Å². The van der Waals surface area contributed by atoms with Crippen molar-refractivity contribution in [1.29, 1.82) is 0 Å². The number of aromatic nitrogens is 1. The van der Waals surface area contributed by atoms with Gasteiger partial charge in [0.25, 0.3) is 0 Å². The number of hydrogen-bond donors (Lipinski definition) is 2. The monoisotopic (exact) mass is 470 g/mol. The SMILES string of the molecule is C[C@@H](C(=O)Nc1cccc(CSc2ccccn2)c1)N1CCC(NC(=O)OC(C)(C)C)CC1. The average molecular weight is 471 g/mol. The molecule has 0 spiro atoms. The first kappa shape index (κ1) is 25.1. The lowest BCUT2D eigenvalue weighted by Crippen LogP contribution is -2.51. The third-order valence-electron chi connectivity index (χ3n) is 5.40. The average Bonchev–Trinajstić information content (AvgIpc) is 2.77. The van der Waals surface area contributed by atoms with Crippen molar-refractivity contribution in [3.05, 3.63) is 54.2 Å². The summed E-state index contributed by atoms with van der Waals surface area (Å²) in [5.74, 6) is 0.761. The van der Waals surface area contributed by atoms with Crippen molar-refractivity contribution in [3.63, 3.8) is 0 Å². The maximum absolute atomic E-state index is 12.9. The molecule has 8 heteroatoms. The second-order valence-electron chi connectivity index (χ2n) is 9.28. The number of likely N-dealkylation sites (tertiary alicyclic amines) is 1. The second-order valence-corrected chi connectivity index (χ2v) is 10.3. The van der Waals surface area contributed by atoms with E-state index >= 15 is 0 Å². The van der Waals surface area contributed by atoms with Gasteiger partial charge in [0, 0.05) is 36.8 Å². The van der Waals surface area contributed by atoms with Gasteiger partial charge in [-0.3, -0.25) is 9.69 Å². The van der Waals surface area contributed by atoms with Gasteiger partial charge >= 0.3 is 6.09 Å². The lowest BCUT2D eigenvalue weighted by atomic mass is 10.0. The molecule has 0 aliphatic carbocycles. The lowest BCUT2D eigenvalue weighted by Gasteiger charge is -2.35. The van der Waals surface area contributed by atoms with Crippen molar-refractivity contribution in [2.75, 3.05) is 18.4 Å². The molecular formula is C25H34N4O3S. The molecule has 1 aromatic carbocycles. The van der Waals surface area contributed by atoms with E-state index in [1.807, 2.05) is 64.1 Å². The molecule has 1 atom stereocenters. The second kappa shape index (κ2) is 11.5. The molecule has 1 saturated heterocycles. The Labute approximate surface area is 200 Å². The smallest absolute Gasteiger partial charge is 0.407 e. The Balaban J connectivity index is 1.45. The van der Waals surface area contributed by atoms with Crippen LogP contribution in [0.3, 0.4) is 0 Å². The molecule has 33 heavy (non-hydrogen) atoms. The third kappa shape index (κ3) is 8.37. The van der Waals surface area contributed by atoms with Gasteiger partial charge in [-0.2, -0.15) is 0 Å². The number of ether oxygens (including phenoxy) is 1. The van der Waals surface area contributed by atoms with Crippen LogP contribution in [0.1, 0.15) is 46.1 Å². The summed E-state index contributed by atoms with van der Waals surface area (Å²) >= 11 is 1.67. The summed E-state index contributed by atoms with van der Waals surface area (Å²) in [6.07, 6.45) is 2.98. The number of nitrogens with one attached hydrogen (secondary N) is 2. The molecule has 7 nitrogen and oxygen atoms in total. The maximum atomic E-state index is 12.9. The molecule has 1 fully saturated rings. The van der Waals surface area contributed by atoms with Gasteiger partial charge in [0.2, 0.25) is 5.91 Å². The van der Waals surface area contributed by atoms with Crippen LogP contribution in [-0.2, 0) is 15.3 Å². The summed E-state index contributed by atoms with van der Waals surface area (Å²) in [4.78, 5) is 31.3. The Morgan fingerprint density at radius 1 is 1.18 bits per heavy atom. The van der Waals surface area contributed by atoms with Gasteiger partial charge in [-0.25, -0.2) is 9.78 Å². The Bertz CT molecular complexity index is 925. The first-order chi connectivity index (χ1) is 15.7. The first-order valence-corrected chi connectivity index (χ1v) is 12.4. The highest BCUT2D eigenvalue weighted by molar-refractivity contribution is 7.98. The van der Waals surface area contributed by atoms with Crippen LogP contribution in [0.2, 0.25) is 0 Å².